The minimum atomic E-state index is -0.992. The van der Waals surface area contributed by atoms with Crippen molar-refractivity contribution in [1.29, 1.82) is 0 Å². The van der Waals surface area contributed by atoms with Gasteiger partial charge < -0.3 is 33.1 Å². The molecule has 0 atom stereocenters. The zero-order valence-corrected chi connectivity index (χ0v) is 28.4. The summed E-state index contributed by atoms with van der Waals surface area (Å²) < 4.78 is 18.6. The Labute approximate surface area is 285 Å². The fourth-order valence-corrected chi connectivity index (χ4v) is 5.81. The maximum Gasteiger partial charge on any atom is 0.323 e. The van der Waals surface area contributed by atoms with Crippen LogP contribution in [0.1, 0.15) is 47.9 Å². The van der Waals surface area contributed by atoms with Gasteiger partial charge in [-0.25, -0.2) is 9.97 Å². The molecule has 0 unspecified atom stereocenters. The average Bonchev–Trinajstić information content (AvgIpc) is 3.76. The molecule has 0 saturated carbocycles. The number of ether oxygens (including phenoxy) is 1. The third-order valence-electron chi connectivity index (χ3n) is 7.83. The zero-order valence-electron chi connectivity index (χ0n) is 28.4. The van der Waals surface area contributed by atoms with Crippen molar-refractivity contribution < 1.29 is 43.2 Å². The molecule has 6 rings (SSSR count). The van der Waals surface area contributed by atoms with Crippen molar-refractivity contribution in [2.45, 2.75) is 67.5 Å². The average molecular weight is 685 g/mol. The second-order valence-electron chi connectivity index (χ2n) is 11.7. The summed E-state index contributed by atoms with van der Waals surface area (Å²) in [6, 6.07) is 10.8. The molecule has 15 heteroatoms. The first-order valence-corrected chi connectivity index (χ1v) is 15.7. The fraction of sp³-hybridized carbons (Fsp3) is 0.314. The summed E-state index contributed by atoms with van der Waals surface area (Å²) >= 11 is 0. The molecule has 0 radical (unpaired) electrons. The summed E-state index contributed by atoms with van der Waals surface area (Å²) in [5, 5.41) is 26.4. The topological polar surface area (TPSA) is 206 Å². The van der Waals surface area contributed by atoms with Gasteiger partial charge in [0, 0.05) is 6.42 Å². The van der Waals surface area contributed by atoms with Crippen LogP contribution in [0.3, 0.4) is 0 Å². The Morgan fingerprint density at radius 2 is 1.24 bits per heavy atom. The number of hydrogen-bond acceptors (Lipinski definition) is 11. The third kappa shape index (κ3) is 7.46. The number of benzene rings is 2. The van der Waals surface area contributed by atoms with Gasteiger partial charge in [0.05, 0.1) is 57.6 Å². The molecular formula is C35H36N6O9. The molecule has 0 spiro atoms. The van der Waals surface area contributed by atoms with Crippen molar-refractivity contribution >= 4 is 45.8 Å². The number of esters is 1. The van der Waals surface area contributed by atoms with Gasteiger partial charge in [0.1, 0.15) is 42.0 Å². The number of hydrogen-bond donors (Lipinski definition) is 2. The molecular weight excluding hydrogens is 648 g/mol. The van der Waals surface area contributed by atoms with E-state index in [1.54, 1.807) is 68.0 Å². The summed E-state index contributed by atoms with van der Waals surface area (Å²) in [6.45, 7) is 10.2. The third-order valence-corrected chi connectivity index (χ3v) is 7.83. The van der Waals surface area contributed by atoms with E-state index in [2.05, 4.69) is 20.3 Å². The van der Waals surface area contributed by atoms with Crippen LogP contribution in [-0.2, 0) is 49.8 Å². The van der Waals surface area contributed by atoms with Crippen molar-refractivity contribution in [3.05, 3.63) is 70.4 Å². The second-order valence-corrected chi connectivity index (χ2v) is 11.7. The lowest BCUT2D eigenvalue weighted by Crippen LogP contribution is -2.11. The molecule has 0 amide bonds. The molecule has 0 aliphatic heterocycles. The van der Waals surface area contributed by atoms with Gasteiger partial charge in [0.15, 0.2) is 0 Å². The maximum absolute atomic E-state index is 11.7. The number of carboxylic acid groups (broad SMARTS) is 2. The van der Waals surface area contributed by atoms with Crippen molar-refractivity contribution in [2.24, 2.45) is 0 Å². The van der Waals surface area contributed by atoms with Gasteiger partial charge in [-0.3, -0.25) is 19.2 Å². The number of carbonyl (C=O) groups is 4. The van der Waals surface area contributed by atoms with Crippen LogP contribution < -0.4 is 0 Å². The minimum Gasteiger partial charge on any atom is -0.480 e. The summed E-state index contributed by atoms with van der Waals surface area (Å²) in [7, 11) is 0. The molecule has 0 aliphatic carbocycles. The lowest BCUT2D eigenvalue weighted by molar-refractivity contribution is -0.142. The highest BCUT2D eigenvalue weighted by Crippen LogP contribution is 2.32. The van der Waals surface area contributed by atoms with Crippen LogP contribution in [0, 0.1) is 27.7 Å². The number of nitrogens with zero attached hydrogens (tertiary/aromatic N) is 6. The van der Waals surface area contributed by atoms with Gasteiger partial charge in [-0.05, 0) is 76.9 Å². The van der Waals surface area contributed by atoms with E-state index < -0.39 is 11.9 Å². The predicted octanol–water partition coefficient (Wildman–Crippen LogP) is 5.02. The Hall–Kier alpha value is -6.12. The number of carbonyl (C=O) groups excluding carboxylic acids is 2. The first kappa shape index (κ1) is 35.2. The molecule has 0 fully saturated rings. The number of carboxylic acids is 2. The van der Waals surface area contributed by atoms with E-state index in [-0.39, 0.29) is 31.3 Å². The number of aromatic nitrogens is 6. The summed E-state index contributed by atoms with van der Waals surface area (Å²) in [5.74, 6) is -0.0965. The molecule has 0 aliphatic rings. The van der Waals surface area contributed by atoms with Crippen LogP contribution in [0.4, 0.5) is 0 Å². The van der Waals surface area contributed by atoms with E-state index in [9.17, 15) is 29.4 Å². The number of ketones is 1. The molecule has 50 heavy (non-hydrogen) atoms. The molecule has 2 N–H and O–H groups in total. The van der Waals surface area contributed by atoms with Crippen LogP contribution in [0.5, 0.6) is 0 Å². The first-order valence-electron chi connectivity index (χ1n) is 15.7. The summed E-state index contributed by atoms with van der Waals surface area (Å²) in [5.41, 5.74) is 6.83. The Bertz CT molecular complexity index is 2220. The van der Waals surface area contributed by atoms with Gasteiger partial charge in [-0.15, -0.1) is 0 Å². The molecule has 2 aromatic carbocycles. The minimum absolute atomic E-state index is 0.0604. The largest absolute Gasteiger partial charge is 0.480 e. The van der Waals surface area contributed by atoms with Gasteiger partial charge in [0.25, 0.3) is 0 Å². The Morgan fingerprint density at radius 3 is 1.74 bits per heavy atom. The van der Waals surface area contributed by atoms with Crippen molar-refractivity contribution in [1.82, 2.24) is 29.4 Å². The highest BCUT2D eigenvalue weighted by molar-refractivity contribution is 5.87. The van der Waals surface area contributed by atoms with Crippen LogP contribution in [-0.4, -0.2) is 69.9 Å². The van der Waals surface area contributed by atoms with Gasteiger partial charge in [-0.1, -0.05) is 22.4 Å². The highest BCUT2D eigenvalue weighted by Gasteiger charge is 2.23. The monoisotopic (exact) mass is 684 g/mol. The van der Waals surface area contributed by atoms with Gasteiger partial charge in [0.2, 0.25) is 0 Å². The van der Waals surface area contributed by atoms with Crippen LogP contribution in [0.15, 0.2) is 45.4 Å². The van der Waals surface area contributed by atoms with E-state index in [1.807, 2.05) is 12.1 Å². The lowest BCUT2D eigenvalue weighted by Gasteiger charge is -2.07. The van der Waals surface area contributed by atoms with Crippen LogP contribution in [0.2, 0.25) is 0 Å². The van der Waals surface area contributed by atoms with Crippen LogP contribution in [0.25, 0.3) is 44.8 Å². The van der Waals surface area contributed by atoms with Crippen LogP contribution >= 0.6 is 0 Å². The number of aryl methyl sites for hydroxylation is 4. The molecule has 15 nitrogen and oxygen atoms in total. The van der Waals surface area contributed by atoms with Gasteiger partial charge in [-0.2, -0.15) is 0 Å². The molecule has 0 saturated heterocycles. The number of fused-ring (bicyclic) bond motifs is 2. The zero-order chi connectivity index (χ0) is 36.3. The van der Waals surface area contributed by atoms with Crippen molar-refractivity contribution in [2.75, 3.05) is 6.61 Å². The van der Waals surface area contributed by atoms with E-state index in [0.29, 0.717) is 80.8 Å². The van der Waals surface area contributed by atoms with E-state index in [0.717, 1.165) is 11.1 Å². The van der Waals surface area contributed by atoms with Crippen molar-refractivity contribution in [3.63, 3.8) is 0 Å². The number of Topliss-reactive ketones (excluding diaryl/α,β-unsaturated/α-hetero) is 1. The quantitative estimate of drug-likeness (QED) is 0.172. The summed E-state index contributed by atoms with van der Waals surface area (Å²) in [4.78, 5) is 54.9. The normalized spacial score (nSPS) is 11.1. The standard InChI is InChI=1S/C18H19N3O5.C17H17N3O4/c1-4-25-16(24)8-12-5-6-13-14(7-12)21(9-15(22)23)18(19-13)17-10(2)20-26-11(17)3;1-9(21)6-12-4-5-14-13(7-12)18-17(20(14)8-15(22)23)16-10(2)19-24-11(16)3/h5-7H,4,8-9H2,1-3H3,(H,22,23);4-5,7H,6,8H2,1-3H3,(H,22,23). The molecule has 0 bridgehead atoms. The van der Waals surface area contributed by atoms with E-state index in [1.165, 1.54) is 6.92 Å². The van der Waals surface area contributed by atoms with Gasteiger partial charge >= 0.3 is 17.9 Å². The molecule has 4 aromatic heterocycles. The predicted molar refractivity (Wildman–Crippen MR) is 179 cm³/mol. The highest BCUT2D eigenvalue weighted by atomic mass is 16.5. The van der Waals surface area contributed by atoms with Crippen molar-refractivity contribution in [3.8, 4) is 22.8 Å². The Kier molecular flexibility index (Phi) is 10.2. The Balaban J connectivity index is 0.000000195. The molecule has 260 valence electrons. The molecule has 6 aromatic rings. The molecule has 4 heterocycles. The van der Waals surface area contributed by atoms with E-state index in [4.69, 9.17) is 13.8 Å². The summed E-state index contributed by atoms with van der Waals surface area (Å²) in [6.07, 6.45) is 0.436. The van der Waals surface area contributed by atoms with E-state index >= 15 is 0 Å². The smallest absolute Gasteiger partial charge is 0.323 e. The SMILES string of the molecule is CC(=O)Cc1ccc2c(c1)nc(-c1c(C)noc1C)n2CC(=O)O.CCOC(=O)Cc1ccc2nc(-c3c(C)noc3C)n(CC(=O)O)c2c1. The number of imidazole rings is 2. The fourth-order valence-electron chi connectivity index (χ4n) is 5.81. The number of aliphatic carboxylic acids is 2. The Morgan fingerprint density at radius 1 is 0.720 bits per heavy atom. The lowest BCUT2D eigenvalue weighted by atomic mass is 10.1. The first-order chi connectivity index (χ1) is 23.8. The maximum atomic E-state index is 11.7. The number of rotatable bonds is 11. The second kappa shape index (κ2) is 14.6.